The molecule has 1 fully saturated rings. The highest BCUT2D eigenvalue weighted by atomic mass is 32.1. The van der Waals surface area contributed by atoms with Gasteiger partial charge < -0.3 is 5.32 Å². The van der Waals surface area contributed by atoms with Crippen LogP contribution in [0.2, 0.25) is 0 Å². The summed E-state index contributed by atoms with van der Waals surface area (Å²) in [7, 11) is 0. The number of rotatable bonds is 4. The summed E-state index contributed by atoms with van der Waals surface area (Å²) in [6, 6.07) is 3.00. The van der Waals surface area contributed by atoms with E-state index in [2.05, 4.69) is 16.8 Å². The van der Waals surface area contributed by atoms with E-state index in [4.69, 9.17) is 0 Å². The van der Waals surface area contributed by atoms with Crippen LogP contribution in [0.25, 0.3) is 0 Å². The van der Waals surface area contributed by atoms with Crippen LogP contribution in [0.15, 0.2) is 11.4 Å². The minimum Gasteiger partial charge on any atom is -0.310 e. The van der Waals surface area contributed by atoms with Crippen LogP contribution in [0.3, 0.4) is 0 Å². The quantitative estimate of drug-likeness (QED) is 0.831. The number of hydrogen-bond acceptors (Lipinski definition) is 2. The van der Waals surface area contributed by atoms with Gasteiger partial charge in [-0.15, -0.1) is 11.3 Å². The van der Waals surface area contributed by atoms with Crippen molar-refractivity contribution in [2.75, 3.05) is 6.54 Å². The van der Waals surface area contributed by atoms with E-state index in [1.165, 1.54) is 64.3 Å². The molecule has 1 unspecified atom stereocenters. The van der Waals surface area contributed by atoms with Crippen LogP contribution in [0.4, 0.5) is 0 Å². The van der Waals surface area contributed by atoms with Crippen molar-refractivity contribution in [2.24, 2.45) is 5.92 Å². The van der Waals surface area contributed by atoms with Crippen LogP contribution in [0.1, 0.15) is 67.8 Å². The van der Waals surface area contributed by atoms with Gasteiger partial charge in [0.1, 0.15) is 0 Å². The van der Waals surface area contributed by atoms with Crippen LogP contribution in [0.5, 0.6) is 0 Å². The Morgan fingerprint density at radius 2 is 2.00 bits per heavy atom. The van der Waals surface area contributed by atoms with Crippen LogP contribution in [0, 0.1) is 5.92 Å². The molecule has 1 heterocycles. The first kappa shape index (κ1) is 12.7. The number of hydrogen-bond donors (Lipinski definition) is 1. The van der Waals surface area contributed by atoms with Crippen molar-refractivity contribution in [3.05, 3.63) is 21.9 Å². The number of nitrogens with one attached hydrogen (secondary N) is 1. The van der Waals surface area contributed by atoms with Crippen LogP contribution >= 0.6 is 11.3 Å². The fourth-order valence-corrected chi connectivity index (χ4v) is 4.62. The average molecular weight is 263 g/mol. The zero-order valence-corrected chi connectivity index (χ0v) is 12.1. The third-order valence-corrected chi connectivity index (χ3v) is 5.72. The molecule has 0 bridgehead atoms. The molecule has 0 spiro atoms. The van der Waals surface area contributed by atoms with E-state index in [1.807, 2.05) is 11.3 Å². The average Bonchev–Trinajstić information content (AvgIpc) is 2.89. The molecule has 0 aliphatic heterocycles. The van der Waals surface area contributed by atoms with Gasteiger partial charge in [0, 0.05) is 10.9 Å². The predicted octanol–water partition coefficient (Wildman–Crippen LogP) is 4.69. The first-order chi connectivity index (χ1) is 8.93. The molecule has 1 aromatic rings. The maximum Gasteiger partial charge on any atom is 0.0331 e. The Hall–Kier alpha value is -0.340. The molecule has 2 aliphatic rings. The second-order valence-electron chi connectivity index (χ2n) is 5.99. The van der Waals surface area contributed by atoms with E-state index in [-0.39, 0.29) is 0 Å². The van der Waals surface area contributed by atoms with Crippen molar-refractivity contribution in [1.82, 2.24) is 5.32 Å². The summed E-state index contributed by atoms with van der Waals surface area (Å²) in [5.41, 5.74) is 1.61. The SMILES string of the molecule is c1cc2c(s1)CCCC2NCCC1CCCCC1. The predicted molar refractivity (Wildman–Crippen MR) is 79.2 cm³/mol. The molecule has 1 saturated carbocycles. The van der Waals surface area contributed by atoms with Crippen LogP contribution in [-0.2, 0) is 6.42 Å². The molecule has 0 radical (unpaired) electrons. The molecule has 2 heteroatoms. The Morgan fingerprint density at radius 3 is 2.89 bits per heavy atom. The topological polar surface area (TPSA) is 12.0 Å². The van der Waals surface area contributed by atoms with Gasteiger partial charge in [0.2, 0.25) is 0 Å². The van der Waals surface area contributed by atoms with Crippen molar-refractivity contribution < 1.29 is 0 Å². The Kier molecular flexibility index (Phi) is 4.37. The summed E-state index contributed by atoms with van der Waals surface area (Å²) >= 11 is 1.95. The lowest BCUT2D eigenvalue weighted by molar-refractivity contribution is 0.324. The van der Waals surface area contributed by atoms with Gasteiger partial charge in [-0.1, -0.05) is 32.1 Å². The Balaban J connectivity index is 1.46. The first-order valence-electron chi connectivity index (χ1n) is 7.73. The van der Waals surface area contributed by atoms with Crippen LogP contribution in [-0.4, -0.2) is 6.54 Å². The fourth-order valence-electron chi connectivity index (χ4n) is 3.64. The van der Waals surface area contributed by atoms with Crippen LogP contribution < -0.4 is 5.32 Å². The van der Waals surface area contributed by atoms with Gasteiger partial charge in [-0.25, -0.2) is 0 Å². The van der Waals surface area contributed by atoms with E-state index in [0.29, 0.717) is 6.04 Å². The van der Waals surface area contributed by atoms with Gasteiger partial charge >= 0.3 is 0 Å². The first-order valence-corrected chi connectivity index (χ1v) is 8.61. The lowest BCUT2D eigenvalue weighted by Gasteiger charge is -2.26. The summed E-state index contributed by atoms with van der Waals surface area (Å²) in [5, 5.41) is 6.09. The molecule has 1 N–H and O–H groups in total. The lowest BCUT2D eigenvalue weighted by atomic mass is 9.87. The van der Waals surface area contributed by atoms with Gasteiger partial charge in [0.15, 0.2) is 0 Å². The van der Waals surface area contributed by atoms with Gasteiger partial charge in [0.05, 0.1) is 0 Å². The number of fused-ring (bicyclic) bond motifs is 1. The van der Waals surface area contributed by atoms with Gasteiger partial charge in [0.25, 0.3) is 0 Å². The summed E-state index contributed by atoms with van der Waals surface area (Å²) in [4.78, 5) is 1.64. The third-order valence-electron chi connectivity index (χ3n) is 4.72. The van der Waals surface area contributed by atoms with Crippen molar-refractivity contribution in [3.8, 4) is 0 Å². The summed E-state index contributed by atoms with van der Waals surface area (Å²) in [6.07, 6.45) is 12.8. The van der Waals surface area contributed by atoms with Gasteiger partial charge in [-0.3, -0.25) is 0 Å². The highest BCUT2D eigenvalue weighted by Crippen LogP contribution is 2.33. The van der Waals surface area contributed by atoms with E-state index >= 15 is 0 Å². The van der Waals surface area contributed by atoms with Gasteiger partial charge in [-0.2, -0.15) is 0 Å². The molecule has 0 saturated heterocycles. The summed E-state index contributed by atoms with van der Waals surface area (Å²) < 4.78 is 0. The summed E-state index contributed by atoms with van der Waals surface area (Å²) in [6.45, 7) is 1.23. The molecule has 1 atom stereocenters. The second-order valence-corrected chi connectivity index (χ2v) is 6.99. The van der Waals surface area contributed by atoms with Crippen molar-refractivity contribution >= 4 is 11.3 Å². The maximum absolute atomic E-state index is 3.82. The number of thiophene rings is 1. The Bertz CT molecular complexity index is 365. The van der Waals surface area contributed by atoms with Crippen molar-refractivity contribution in [1.29, 1.82) is 0 Å². The minimum absolute atomic E-state index is 0.656. The zero-order valence-electron chi connectivity index (χ0n) is 11.3. The molecule has 0 aromatic carbocycles. The Labute approximate surface area is 115 Å². The standard InChI is InChI=1S/C16H25NS/c1-2-5-13(6-3-1)9-11-17-15-7-4-8-16-14(15)10-12-18-16/h10,12-13,15,17H,1-9,11H2. The molecule has 3 rings (SSSR count). The van der Waals surface area contributed by atoms with E-state index in [1.54, 1.807) is 10.4 Å². The maximum atomic E-state index is 3.82. The molecular weight excluding hydrogens is 238 g/mol. The van der Waals surface area contributed by atoms with E-state index in [0.717, 1.165) is 5.92 Å². The van der Waals surface area contributed by atoms with E-state index < -0.39 is 0 Å². The molecule has 0 amide bonds. The second kappa shape index (κ2) is 6.21. The molecule has 1 aromatic heterocycles. The third kappa shape index (κ3) is 2.97. The van der Waals surface area contributed by atoms with Gasteiger partial charge in [-0.05, 0) is 55.2 Å². The summed E-state index contributed by atoms with van der Waals surface area (Å²) in [5.74, 6) is 1.01. The fraction of sp³-hybridized carbons (Fsp3) is 0.750. The highest BCUT2D eigenvalue weighted by molar-refractivity contribution is 7.10. The monoisotopic (exact) mass is 263 g/mol. The molecule has 100 valence electrons. The molecule has 2 aliphatic carbocycles. The highest BCUT2D eigenvalue weighted by Gasteiger charge is 2.21. The number of aryl methyl sites for hydroxylation is 1. The molecule has 1 nitrogen and oxygen atoms in total. The minimum atomic E-state index is 0.656. The van der Waals surface area contributed by atoms with Crippen molar-refractivity contribution in [3.63, 3.8) is 0 Å². The smallest absolute Gasteiger partial charge is 0.0331 e. The van der Waals surface area contributed by atoms with Crippen molar-refractivity contribution in [2.45, 2.75) is 63.8 Å². The van der Waals surface area contributed by atoms with E-state index in [9.17, 15) is 0 Å². The largest absolute Gasteiger partial charge is 0.310 e. The zero-order chi connectivity index (χ0) is 12.2. The Morgan fingerprint density at radius 1 is 1.11 bits per heavy atom. The molecular formula is C16H25NS. The lowest BCUT2D eigenvalue weighted by Crippen LogP contribution is -2.26. The normalized spacial score (nSPS) is 25.0. The molecule has 18 heavy (non-hydrogen) atoms.